The van der Waals surface area contributed by atoms with Crippen molar-refractivity contribution in [3.8, 4) is 0 Å². The summed E-state index contributed by atoms with van der Waals surface area (Å²) in [4.78, 5) is 42.0. The van der Waals surface area contributed by atoms with Crippen molar-refractivity contribution in [1.29, 1.82) is 0 Å². The molecule has 0 spiro atoms. The highest BCUT2D eigenvalue weighted by Gasteiger charge is 2.33. The van der Waals surface area contributed by atoms with Crippen molar-refractivity contribution in [3.05, 3.63) is 76.1 Å². The first-order valence-electron chi connectivity index (χ1n) is 13.2. The molecular formula is C29H27F4N3O4S2. The Bertz CT molecular complexity index is 1460. The Balaban J connectivity index is 1.22. The number of fused-ring (bicyclic) bond motifs is 1. The third-order valence-electron chi connectivity index (χ3n) is 7.66. The smallest absolute Gasteiger partial charge is 0.416 e. The van der Waals surface area contributed by atoms with E-state index in [1.54, 1.807) is 11.9 Å². The summed E-state index contributed by atoms with van der Waals surface area (Å²) in [5.41, 5.74) is 2.83. The normalized spacial score (nSPS) is 18.7. The van der Waals surface area contributed by atoms with E-state index in [1.165, 1.54) is 21.6 Å². The lowest BCUT2D eigenvalue weighted by atomic mass is 9.95. The van der Waals surface area contributed by atoms with E-state index in [0.717, 1.165) is 40.8 Å². The van der Waals surface area contributed by atoms with Gasteiger partial charge in [0.2, 0.25) is 11.8 Å². The first kappa shape index (κ1) is 30.0. The third-order valence-corrected chi connectivity index (χ3v) is 9.09. The van der Waals surface area contributed by atoms with Crippen LogP contribution in [0, 0.1) is 5.82 Å². The van der Waals surface area contributed by atoms with Crippen LogP contribution >= 0.6 is 24.0 Å². The van der Waals surface area contributed by atoms with Crippen molar-refractivity contribution in [2.24, 2.45) is 0 Å². The van der Waals surface area contributed by atoms with Gasteiger partial charge in [0.15, 0.2) is 0 Å². The van der Waals surface area contributed by atoms with E-state index in [1.807, 2.05) is 24.3 Å². The van der Waals surface area contributed by atoms with Gasteiger partial charge in [0.05, 0.1) is 17.4 Å². The SMILES string of the molecule is CN(C(=O)OCc1cc(F)cc(C(F)(F)F)c1)C1CCc2ccc(C3=CCN(C(=O)CN4C(=O)CSC4=S)CC3)cc21. The zero-order valence-electron chi connectivity index (χ0n) is 22.6. The molecule has 42 heavy (non-hydrogen) atoms. The molecule has 222 valence electrons. The molecule has 0 saturated carbocycles. The maximum atomic E-state index is 13.7. The summed E-state index contributed by atoms with van der Waals surface area (Å²) in [5.74, 6) is -1.11. The molecule has 0 bridgehead atoms. The highest BCUT2D eigenvalue weighted by molar-refractivity contribution is 8.23. The number of hydrogen-bond acceptors (Lipinski definition) is 6. The summed E-state index contributed by atoms with van der Waals surface area (Å²) in [6.07, 6.45) is -1.44. The molecule has 1 unspecified atom stereocenters. The molecule has 2 heterocycles. The van der Waals surface area contributed by atoms with Crippen LogP contribution in [0.3, 0.4) is 0 Å². The van der Waals surface area contributed by atoms with Crippen molar-refractivity contribution in [2.45, 2.75) is 38.1 Å². The minimum absolute atomic E-state index is 0.0560. The number of hydrogen-bond donors (Lipinski definition) is 0. The highest BCUT2D eigenvalue weighted by Crippen LogP contribution is 2.38. The number of thioether (sulfide) groups is 1. The molecule has 13 heteroatoms. The lowest BCUT2D eigenvalue weighted by molar-refractivity contribution is -0.137. The lowest BCUT2D eigenvalue weighted by Gasteiger charge is -2.29. The molecule has 1 fully saturated rings. The molecule has 5 rings (SSSR count). The number of carbonyl (C=O) groups excluding carboxylic acids is 3. The van der Waals surface area contributed by atoms with Gasteiger partial charge in [0.1, 0.15) is 23.3 Å². The standard InChI is InChI=1S/C29H27F4N3O4S2/c1-34(27(39)40-15-17-10-21(29(31,32)33)13-22(30)11-17)24-5-4-19-2-3-20(12-23(19)24)18-6-8-35(9-7-18)25(37)14-36-26(38)16-42-28(36)41/h2-3,6,10-13,24H,4-5,7-9,14-16H2,1H3. The van der Waals surface area contributed by atoms with Gasteiger partial charge < -0.3 is 14.5 Å². The van der Waals surface area contributed by atoms with Gasteiger partial charge in [-0.15, -0.1) is 0 Å². The predicted molar refractivity (Wildman–Crippen MR) is 153 cm³/mol. The first-order chi connectivity index (χ1) is 19.9. The van der Waals surface area contributed by atoms with Gasteiger partial charge in [-0.25, -0.2) is 9.18 Å². The monoisotopic (exact) mass is 621 g/mol. The van der Waals surface area contributed by atoms with Crippen LogP contribution in [0.15, 0.2) is 42.5 Å². The number of ether oxygens (including phenoxy) is 1. The van der Waals surface area contributed by atoms with Crippen molar-refractivity contribution < 1.29 is 36.7 Å². The van der Waals surface area contributed by atoms with Crippen LogP contribution in [0.5, 0.6) is 0 Å². The molecule has 1 saturated heterocycles. The second-order valence-electron chi connectivity index (χ2n) is 10.3. The van der Waals surface area contributed by atoms with E-state index in [9.17, 15) is 31.9 Å². The highest BCUT2D eigenvalue weighted by atomic mass is 32.2. The van der Waals surface area contributed by atoms with Crippen LogP contribution in [-0.2, 0) is 33.5 Å². The number of benzene rings is 2. The Hall–Kier alpha value is -3.45. The molecule has 2 aromatic carbocycles. The fourth-order valence-corrected chi connectivity index (χ4v) is 6.45. The summed E-state index contributed by atoms with van der Waals surface area (Å²) < 4.78 is 58.5. The average Bonchev–Trinajstić information content (AvgIpc) is 3.52. The van der Waals surface area contributed by atoms with Gasteiger partial charge in [0.25, 0.3) is 0 Å². The fourth-order valence-electron chi connectivity index (χ4n) is 5.38. The van der Waals surface area contributed by atoms with Crippen LogP contribution in [0.25, 0.3) is 5.57 Å². The van der Waals surface area contributed by atoms with Crippen molar-refractivity contribution in [3.63, 3.8) is 0 Å². The summed E-state index contributed by atoms with van der Waals surface area (Å²) in [7, 11) is 1.57. The molecule has 3 amide bonds. The second kappa shape index (κ2) is 12.0. The fraction of sp³-hybridized carbons (Fsp3) is 0.379. The molecule has 1 atom stereocenters. The minimum Gasteiger partial charge on any atom is -0.445 e. The summed E-state index contributed by atoms with van der Waals surface area (Å²) in [6, 6.07) is 7.84. The molecule has 2 aromatic rings. The quantitative estimate of drug-likeness (QED) is 0.310. The number of alkyl halides is 3. The number of thiocarbonyl (C=S) groups is 1. The minimum atomic E-state index is -4.72. The Morgan fingerprint density at radius 1 is 1.17 bits per heavy atom. The van der Waals surface area contributed by atoms with Gasteiger partial charge in [-0.3, -0.25) is 14.5 Å². The first-order valence-corrected chi connectivity index (χ1v) is 14.6. The number of aryl methyl sites for hydroxylation is 1. The maximum Gasteiger partial charge on any atom is 0.416 e. The predicted octanol–water partition coefficient (Wildman–Crippen LogP) is 5.58. The van der Waals surface area contributed by atoms with E-state index >= 15 is 0 Å². The molecular weight excluding hydrogens is 594 g/mol. The van der Waals surface area contributed by atoms with Crippen LogP contribution in [0.2, 0.25) is 0 Å². The Labute approximate surface area is 249 Å². The zero-order valence-corrected chi connectivity index (χ0v) is 24.2. The van der Waals surface area contributed by atoms with Gasteiger partial charge in [-0.05, 0) is 71.4 Å². The summed E-state index contributed by atoms with van der Waals surface area (Å²) in [6.45, 7) is 0.343. The lowest BCUT2D eigenvalue weighted by Crippen LogP contribution is -2.43. The Kier molecular flexibility index (Phi) is 8.61. The molecule has 3 aliphatic rings. The summed E-state index contributed by atoms with van der Waals surface area (Å²) in [5, 5.41) is 0. The number of nitrogens with zero attached hydrogens (tertiary/aromatic N) is 3. The summed E-state index contributed by atoms with van der Waals surface area (Å²) >= 11 is 6.42. The van der Waals surface area contributed by atoms with Crippen LogP contribution in [0.4, 0.5) is 22.4 Å². The van der Waals surface area contributed by atoms with Crippen LogP contribution < -0.4 is 0 Å². The van der Waals surface area contributed by atoms with E-state index in [-0.39, 0.29) is 35.7 Å². The third kappa shape index (κ3) is 6.46. The molecule has 0 radical (unpaired) electrons. The van der Waals surface area contributed by atoms with Crippen molar-refractivity contribution in [2.75, 3.05) is 32.4 Å². The van der Waals surface area contributed by atoms with E-state index in [2.05, 4.69) is 0 Å². The molecule has 2 aliphatic heterocycles. The number of halogens is 4. The van der Waals surface area contributed by atoms with E-state index in [0.29, 0.717) is 36.3 Å². The number of carbonyl (C=O) groups is 3. The van der Waals surface area contributed by atoms with Crippen molar-refractivity contribution in [1.82, 2.24) is 14.7 Å². The Morgan fingerprint density at radius 3 is 2.62 bits per heavy atom. The average molecular weight is 622 g/mol. The number of amides is 3. The molecule has 0 N–H and O–H groups in total. The maximum absolute atomic E-state index is 13.7. The second-order valence-corrected chi connectivity index (χ2v) is 11.9. The topological polar surface area (TPSA) is 70.2 Å². The van der Waals surface area contributed by atoms with Gasteiger partial charge in [0, 0.05) is 20.1 Å². The van der Waals surface area contributed by atoms with E-state index < -0.39 is 30.3 Å². The van der Waals surface area contributed by atoms with Gasteiger partial charge >= 0.3 is 12.3 Å². The molecule has 0 aromatic heterocycles. The zero-order chi connectivity index (χ0) is 30.2. The largest absolute Gasteiger partial charge is 0.445 e. The molecule has 7 nitrogen and oxygen atoms in total. The van der Waals surface area contributed by atoms with Crippen LogP contribution in [0.1, 0.15) is 46.7 Å². The Morgan fingerprint density at radius 2 is 1.95 bits per heavy atom. The van der Waals surface area contributed by atoms with Crippen molar-refractivity contribution >= 4 is 51.8 Å². The van der Waals surface area contributed by atoms with Crippen LogP contribution in [-0.4, -0.2) is 69.4 Å². The molecule has 1 aliphatic carbocycles. The number of rotatable bonds is 6. The van der Waals surface area contributed by atoms with E-state index in [4.69, 9.17) is 17.0 Å². The van der Waals surface area contributed by atoms with Gasteiger partial charge in [-0.2, -0.15) is 13.2 Å². The van der Waals surface area contributed by atoms with Gasteiger partial charge in [-0.1, -0.05) is 42.2 Å².